The van der Waals surface area contributed by atoms with E-state index in [9.17, 15) is 15.2 Å². The van der Waals surface area contributed by atoms with E-state index in [-0.39, 0.29) is 21.5 Å². The van der Waals surface area contributed by atoms with Crippen molar-refractivity contribution in [3.8, 4) is 23.0 Å². The van der Waals surface area contributed by atoms with Gasteiger partial charge in [-0.3, -0.25) is 15.1 Å². The lowest BCUT2D eigenvalue weighted by Crippen LogP contribution is -1.99. The Morgan fingerprint density at radius 1 is 1.19 bits per heavy atom. The molecule has 4 aromatic rings. The first-order valence-electron chi connectivity index (χ1n) is 9.27. The van der Waals surface area contributed by atoms with Gasteiger partial charge in [0, 0.05) is 28.4 Å². The summed E-state index contributed by atoms with van der Waals surface area (Å²) in [4.78, 5) is 19.2. The minimum atomic E-state index is -0.564. The largest absolute Gasteiger partial charge is 0.871 e. The number of nitro benzene ring substituents is 1. The number of non-ortho nitro benzene ring substituents is 1. The molecule has 0 fully saturated rings. The molecule has 0 spiro atoms. The van der Waals surface area contributed by atoms with Crippen LogP contribution in [0.4, 0.5) is 11.4 Å². The molecule has 0 radical (unpaired) electrons. The molecule has 0 saturated heterocycles. The van der Waals surface area contributed by atoms with Crippen LogP contribution in [0.5, 0.6) is 11.5 Å². The van der Waals surface area contributed by atoms with Crippen LogP contribution in [0.25, 0.3) is 22.6 Å². The number of oxazole rings is 1. The first kappa shape index (κ1) is 20.5. The number of hydrogen-bond acceptors (Lipinski definition) is 7. The summed E-state index contributed by atoms with van der Waals surface area (Å²) in [6.07, 6.45) is 1.30. The van der Waals surface area contributed by atoms with Crippen LogP contribution < -0.4 is 9.84 Å². The summed E-state index contributed by atoms with van der Waals surface area (Å²) in [5, 5.41) is 23.2. The molecule has 4 rings (SSSR count). The summed E-state index contributed by atoms with van der Waals surface area (Å²) < 4.78 is 11.4. The summed E-state index contributed by atoms with van der Waals surface area (Å²) in [5.41, 5.74) is 2.44. The first-order valence-corrected chi connectivity index (χ1v) is 10.1. The second kappa shape index (κ2) is 8.57. The monoisotopic (exact) mass is 480 g/mol. The highest BCUT2D eigenvalue weighted by Crippen LogP contribution is 2.31. The lowest BCUT2D eigenvalue weighted by atomic mass is 10.2. The van der Waals surface area contributed by atoms with Gasteiger partial charge >= 0.3 is 0 Å². The zero-order valence-corrected chi connectivity index (χ0v) is 17.8. The lowest BCUT2D eigenvalue weighted by molar-refractivity contribution is -0.385. The van der Waals surface area contributed by atoms with Crippen molar-refractivity contribution in [1.82, 2.24) is 4.98 Å². The van der Waals surface area contributed by atoms with E-state index < -0.39 is 4.92 Å². The molecule has 0 N–H and O–H groups in total. The van der Waals surface area contributed by atoms with Gasteiger partial charge in [-0.05, 0) is 55.0 Å². The normalized spacial score (nSPS) is 11.3. The Morgan fingerprint density at radius 3 is 2.68 bits per heavy atom. The fourth-order valence-corrected chi connectivity index (χ4v) is 3.39. The van der Waals surface area contributed by atoms with Crippen LogP contribution in [-0.2, 0) is 0 Å². The highest BCUT2D eigenvalue weighted by Gasteiger charge is 2.11. The molecule has 0 aliphatic carbocycles. The molecular formula is C22H15BrN3O5-. The van der Waals surface area contributed by atoms with Crippen LogP contribution in [0.15, 0.2) is 68.5 Å². The predicted molar refractivity (Wildman–Crippen MR) is 118 cm³/mol. The van der Waals surface area contributed by atoms with Gasteiger partial charge in [0.05, 0.1) is 17.2 Å². The van der Waals surface area contributed by atoms with Crippen LogP contribution in [0.3, 0.4) is 0 Å². The minimum Gasteiger partial charge on any atom is -0.871 e. The van der Waals surface area contributed by atoms with Gasteiger partial charge in [0.2, 0.25) is 5.89 Å². The number of hydrogen-bond donors (Lipinski definition) is 0. The Balaban J connectivity index is 1.62. The maximum absolute atomic E-state index is 12.2. The van der Waals surface area contributed by atoms with E-state index in [1.54, 1.807) is 18.2 Å². The second-order valence-electron chi connectivity index (χ2n) is 6.49. The number of halogens is 1. The van der Waals surface area contributed by atoms with Crippen molar-refractivity contribution in [2.24, 2.45) is 4.99 Å². The number of benzene rings is 3. The zero-order valence-electron chi connectivity index (χ0n) is 16.2. The summed E-state index contributed by atoms with van der Waals surface area (Å²) in [6.45, 7) is 2.51. The van der Waals surface area contributed by atoms with E-state index in [0.717, 1.165) is 11.3 Å². The smallest absolute Gasteiger partial charge is 0.271 e. The maximum atomic E-state index is 12.2. The van der Waals surface area contributed by atoms with Crippen LogP contribution in [-0.4, -0.2) is 22.7 Å². The summed E-state index contributed by atoms with van der Waals surface area (Å²) in [6, 6.07) is 14.9. The van der Waals surface area contributed by atoms with Gasteiger partial charge < -0.3 is 14.3 Å². The molecule has 0 aliphatic rings. The molecule has 8 nitrogen and oxygen atoms in total. The average Bonchev–Trinajstić information content (AvgIpc) is 3.18. The van der Waals surface area contributed by atoms with Gasteiger partial charge in [0.25, 0.3) is 5.69 Å². The molecule has 0 bridgehead atoms. The van der Waals surface area contributed by atoms with Crippen molar-refractivity contribution >= 4 is 44.6 Å². The number of aliphatic imine (C=N–C) groups is 1. The van der Waals surface area contributed by atoms with Crippen molar-refractivity contribution in [2.75, 3.05) is 6.61 Å². The van der Waals surface area contributed by atoms with Crippen molar-refractivity contribution in [3.63, 3.8) is 0 Å². The van der Waals surface area contributed by atoms with E-state index in [1.165, 1.54) is 18.3 Å². The molecule has 0 saturated carbocycles. The number of ether oxygens (including phenoxy) is 1. The van der Waals surface area contributed by atoms with E-state index in [4.69, 9.17) is 9.15 Å². The Bertz CT molecular complexity index is 1300. The highest BCUT2D eigenvalue weighted by molar-refractivity contribution is 9.10. The third kappa shape index (κ3) is 4.41. The van der Waals surface area contributed by atoms with Crippen molar-refractivity contribution in [1.29, 1.82) is 0 Å². The lowest BCUT2D eigenvalue weighted by Gasteiger charge is -2.12. The first-order chi connectivity index (χ1) is 14.9. The molecule has 31 heavy (non-hydrogen) atoms. The van der Waals surface area contributed by atoms with Crippen molar-refractivity contribution in [3.05, 3.63) is 74.7 Å². The van der Waals surface area contributed by atoms with Gasteiger partial charge in [-0.15, -0.1) is 0 Å². The minimum absolute atomic E-state index is 0.107. The Kier molecular flexibility index (Phi) is 5.68. The van der Waals surface area contributed by atoms with Gasteiger partial charge in [-0.25, -0.2) is 4.98 Å². The third-order valence-electron chi connectivity index (χ3n) is 4.40. The molecule has 3 aromatic carbocycles. The van der Waals surface area contributed by atoms with E-state index >= 15 is 0 Å². The quantitative estimate of drug-likeness (QED) is 0.207. The molecular weight excluding hydrogens is 466 g/mol. The Labute approximate surface area is 185 Å². The van der Waals surface area contributed by atoms with Crippen molar-refractivity contribution in [2.45, 2.75) is 6.92 Å². The molecule has 9 heteroatoms. The molecule has 0 atom stereocenters. The van der Waals surface area contributed by atoms with Crippen LogP contribution >= 0.6 is 15.9 Å². The Hall–Kier alpha value is -3.72. The molecule has 1 aromatic heterocycles. The van der Waals surface area contributed by atoms with Gasteiger partial charge in [0.15, 0.2) is 5.58 Å². The number of fused-ring (bicyclic) bond motifs is 1. The molecule has 0 unspecified atom stereocenters. The predicted octanol–water partition coefficient (Wildman–Crippen LogP) is 5.39. The highest BCUT2D eigenvalue weighted by atomic mass is 79.9. The van der Waals surface area contributed by atoms with Crippen molar-refractivity contribution < 1.29 is 19.2 Å². The fraction of sp³-hybridized carbons (Fsp3) is 0.0909. The standard InChI is InChI=1S/C22H16BrN3O5/c1-2-30-17-6-3-13(4-7-17)22-25-19-10-15(5-8-20(19)31-22)24-12-14-9-16(26(28)29)11-18(23)21(14)27/h3-12,27H,2H2,1H3/p-1. The average molecular weight is 481 g/mol. The van der Waals surface area contributed by atoms with Crippen LogP contribution in [0.2, 0.25) is 0 Å². The summed E-state index contributed by atoms with van der Waals surface area (Å²) in [5.74, 6) is 0.850. The Morgan fingerprint density at radius 2 is 1.97 bits per heavy atom. The van der Waals surface area contributed by atoms with Crippen LogP contribution in [0, 0.1) is 10.1 Å². The fourth-order valence-electron chi connectivity index (χ4n) is 2.93. The van der Waals surface area contributed by atoms with E-state index in [1.807, 2.05) is 31.2 Å². The number of rotatable bonds is 6. The number of nitrogens with zero attached hydrogens (tertiary/aromatic N) is 3. The summed E-state index contributed by atoms with van der Waals surface area (Å²) >= 11 is 3.05. The third-order valence-corrected chi connectivity index (χ3v) is 4.99. The topological polar surface area (TPSA) is 114 Å². The maximum Gasteiger partial charge on any atom is 0.271 e. The molecule has 0 aliphatic heterocycles. The zero-order chi connectivity index (χ0) is 22.0. The number of aromatic nitrogens is 1. The van der Waals surface area contributed by atoms with Gasteiger partial charge in [0.1, 0.15) is 11.3 Å². The van der Waals surface area contributed by atoms with E-state index in [2.05, 4.69) is 25.9 Å². The molecule has 1 heterocycles. The van der Waals surface area contributed by atoms with Gasteiger partial charge in [-0.1, -0.05) is 21.7 Å². The summed E-state index contributed by atoms with van der Waals surface area (Å²) in [7, 11) is 0. The molecule has 0 amide bonds. The van der Waals surface area contributed by atoms with Gasteiger partial charge in [-0.2, -0.15) is 0 Å². The van der Waals surface area contributed by atoms with Crippen LogP contribution in [0.1, 0.15) is 12.5 Å². The number of nitro groups is 1. The second-order valence-corrected chi connectivity index (χ2v) is 7.34. The molecule has 156 valence electrons. The van der Waals surface area contributed by atoms with E-state index in [0.29, 0.717) is 29.3 Å². The SMILES string of the molecule is CCOc1ccc(-c2nc3cc(N=Cc4cc([N+](=O)[O-])cc(Br)c4[O-])ccc3o2)cc1.